The number of likely N-dealkylation sites (N-methyl/N-ethyl adjacent to an activating group) is 1. The third-order valence-electron chi connectivity index (χ3n) is 3.88. The molecule has 3 rings (SSSR count). The van der Waals surface area contributed by atoms with Crippen molar-refractivity contribution in [3.05, 3.63) is 72.6 Å². The highest BCUT2D eigenvalue weighted by Crippen LogP contribution is 2.21. The number of nitrogens with one attached hydrogen (secondary N) is 1. The zero-order valence-electron chi connectivity index (χ0n) is 14.6. The van der Waals surface area contributed by atoms with Crippen molar-refractivity contribution >= 4 is 32.9 Å². The first-order chi connectivity index (χ1) is 13.0. The van der Waals surface area contributed by atoms with Gasteiger partial charge in [-0.3, -0.25) is 9.78 Å². The second-order valence-electron chi connectivity index (χ2n) is 5.85. The number of sulfonamides is 1. The van der Waals surface area contributed by atoms with E-state index < -0.39 is 15.9 Å². The lowest BCUT2D eigenvalue weighted by Crippen LogP contribution is -2.36. The van der Waals surface area contributed by atoms with Crippen molar-refractivity contribution in [2.24, 2.45) is 5.10 Å². The lowest BCUT2D eigenvalue weighted by molar-refractivity contribution is -0.121. The van der Waals surface area contributed by atoms with Crippen molar-refractivity contribution in [1.82, 2.24) is 14.7 Å². The van der Waals surface area contributed by atoms with E-state index in [0.717, 1.165) is 20.6 Å². The van der Waals surface area contributed by atoms with Gasteiger partial charge < -0.3 is 0 Å². The van der Waals surface area contributed by atoms with E-state index in [9.17, 15) is 13.2 Å². The molecule has 3 aromatic rings. The Hall–Kier alpha value is -3.10. The van der Waals surface area contributed by atoms with Crippen LogP contribution in [0.25, 0.3) is 10.8 Å². The number of benzene rings is 2. The van der Waals surface area contributed by atoms with Gasteiger partial charge in [0.2, 0.25) is 10.0 Å². The van der Waals surface area contributed by atoms with Crippen LogP contribution in [0.1, 0.15) is 5.56 Å². The number of carbonyl (C=O) groups is 1. The first-order valence-corrected chi connectivity index (χ1v) is 9.58. The van der Waals surface area contributed by atoms with Crippen LogP contribution in [0.3, 0.4) is 0 Å². The molecular weight excluding hydrogens is 364 g/mol. The maximum Gasteiger partial charge on any atom is 0.255 e. The van der Waals surface area contributed by atoms with Crippen LogP contribution in [0.2, 0.25) is 0 Å². The Morgan fingerprint density at radius 2 is 1.93 bits per heavy atom. The summed E-state index contributed by atoms with van der Waals surface area (Å²) < 4.78 is 26.4. The number of hydrogen-bond acceptors (Lipinski definition) is 5. The van der Waals surface area contributed by atoms with Crippen LogP contribution in [0.15, 0.2) is 77.0 Å². The van der Waals surface area contributed by atoms with Crippen LogP contribution in [-0.4, -0.2) is 43.4 Å². The quantitative estimate of drug-likeness (QED) is 0.521. The number of rotatable bonds is 6. The van der Waals surface area contributed by atoms with E-state index in [-0.39, 0.29) is 11.4 Å². The van der Waals surface area contributed by atoms with Crippen molar-refractivity contribution in [3.8, 4) is 0 Å². The molecule has 0 unspecified atom stereocenters. The number of fused-ring (bicyclic) bond motifs is 1. The van der Waals surface area contributed by atoms with E-state index in [4.69, 9.17) is 0 Å². The average Bonchev–Trinajstić information content (AvgIpc) is 2.68. The summed E-state index contributed by atoms with van der Waals surface area (Å²) in [5.41, 5.74) is 3.03. The van der Waals surface area contributed by atoms with Crippen LogP contribution in [-0.2, 0) is 14.8 Å². The van der Waals surface area contributed by atoms with Gasteiger partial charge in [0.1, 0.15) is 0 Å². The summed E-state index contributed by atoms with van der Waals surface area (Å²) in [6, 6.07) is 15.9. The number of pyridine rings is 1. The zero-order chi connectivity index (χ0) is 19.3. The monoisotopic (exact) mass is 382 g/mol. The highest BCUT2D eigenvalue weighted by atomic mass is 32.2. The standard InChI is InChI=1S/C19H18N4O3S/c1-23(14-19(24)22-21-13-15-5-4-10-20-12-15)27(25,26)18-9-8-16-6-2-3-7-17(16)11-18/h2-13H,14H2,1H3,(H,22,24)/b21-13-. The molecule has 0 bridgehead atoms. The maximum atomic E-state index is 12.7. The summed E-state index contributed by atoms with van der Waals surface area (Å²) in [5.74, 6) is -0.540. The number of hydrazone groups is 1. The van der Waals surface area contributed by atoms with Gasteiger partial charge in [0.15, 0.2) is 0 Å². The normalized spacial score (nSPS) is 11.9. The zero-order valence-corrected chi connectivity index (χ0v) is 15.4. The summed E-state index contributed by atoms with van der Waals surface area (Å²) >= 11 is 0. The Kier molecular flexibility index (Phi) is 5.58. The minimum atomic E-state index is -3.79. The van der Waals surface area contributed by atoms with Crippen LogP contribution >= 0.6 is 0 Å². The molecule has 138 valence electrons. The first kappa shape index (κ1) is 18.7. The summed E-state index contributed by atoms with van der Waals surface area (Å²) in [4.78, 5) is 16.0. The van der Waals surface area contributed by atoms with E-state index in [0.29, 0.717) is 0 Å². The molecule has 1 aromatic heterocycles. The van der Waals surface area contributed by atoms with Gasteiger partial charge in [0.05, 0.1) is 17.7 Å². The third-order valence-corrected chi connectivity index (χ3v) is 5.68. The lowest BCUT2D eigenvalue weighted by atomic mass is 10.1. The fraction of sp³-hybridized carbons (Fsp3) is 0.105. The lowest BCUT2D eigenvalue weighted by Gasteiger charge is -2.16. The van der Waals surface area contributed by atoms with Crippen molar-refractivity contribution in [2.75, 3.05) is 13.6 Å². The topological polar surface area (TPSA) is 91.7 Å². The number of carbonyl (C=O) groups excluding carboxylic acids is 1. The molecule has 1 N–H and O–H groups in total. The third kappa shape index (κ3) is 4.55. The van der Waals surface area contributed by atoms with Gasteiger partial charge in [-0.15, -0.1) is 0 Å². The van der Waals surface area contributed by atoms with Crippen molar-refractivity contribution < 1.29 is 13.2 Å². The Labute approximate surface area is 157 Å². The Morgan fingerprint density at radius 3 is 2.67 bits per heavy atom. The van der Waals surface area contributed by atoms with Gasteiger partial charge in [-0.05, 0) is 29.0 Å². The van der Waals surface area contributed by atoms with Gasteiger partial charge >= 0.3 is 0 Å². The van der Waals surface area contributed by atoms with E-state index in [1.54, 1.807) is 36.7 Å². The highest BCUT2D eigenvalue weighted by molar-refractivity contribution is 7.89. The molecule has 0 fully saturated rings. The molecule has 8 heteroatoms. The molecule has 0 aliphatic heterocycles. The highest BCUT2D eigenvalue weighted by Gasteiger charge is 2.23. The van der Waals surface area contributed by atoms with Gasteiger partial charge in [0.25, 0.3) is 5.91 Å². The predicted octanol–water partition coefficient (Wildman–Crippen LogP) is 2.01. The van der Waals surface area contributed by atoms with E-state index in [1.165, 1.54) is 19.3 Å². The summed E-state index contributed by atoms with van der Waals surface area (Å²) in [6.07, 6.45) is 4.65. The molecule has 0 saturated carbocycles. The van der Waals surface area contributed by atoms with Crippen LogP contribution in [0, 0.1) is 0 Å². The van der Waals surface area contributed by atoms with Gasteiger partial charge in [-0.1, -0.05) is 36.4 Å². The fourth-order valence-corrected chi connectivity index (χ4v) is 3.62. The fourth-order valence-electron chi connectivity index (χ4n) is 2.46. The Morgan fingerprint density at radius 1 is 1.15 bits per heavy atom. The SMILES string of the molecule is CN(CC(=O)N/N=C\c1cccnc1)S(=O)(=O)c1ccc2ccccc2c1. The van der Waals surface area contributed by atoms with Crippen molar-refractivity contribution in [1.29, 1.82) is 0 Å². The second-order valence-corrected chi connectivity index (χ2v) is 7.89. The molecule has 0 aliphatic carbocycles. The van der Waals surface area contributed by atoms with Gasteiger partial charge in [0, 0.05) is 25.0 Å². The average molecular weight is 382 g/mol. The molecule has 0 radical (unpaired) electrons. The van der Waals surface area contributed by atoms with Crippen LogP contribution < -0.4 is 5.43 Å². The summed E-state index contributed by atoms with van der Waals surface area (Å²) in [7, 11) is -2.44. The van der Waals surface area contributed by atoms with Crippen LogP contribution in [0.4, 0.5) is 0 Å². The van der Waals surface area contributed by atoms with Crippen LogP contribution in [0.5, 0.6) is 0 Å². The molecule has 7 nitrogen and oxygen atoms in total. The van der Waals surface area contributed by atoms with Gasteiger partial charge in [-0.25, -0.2) is 13.8 Å². The minimum absolute atomic E-state index is 0.135. The summed E-state index contributed by atoms with van der Waals surface area (Å²) in [6.45, 7) is -0.348. The van der Waals surface area contributed by atoms with E-state index in [1.807, 2.05) is 24.3 Å². The number of aromatic nitrogens is 1. The smallest absolute Gasteiger partial charge is 0.255 e. The van der Waals surface area contributed by atoms with E-state index >= 15 is 0 Å². The first-order valence-electron chi connectivity index (χ1n) is 8.14. The molecule has 0 saturated heterocycles. The molecule has 27 heavy (non-hydrogen) atoms. The summed E-state index contributed by atoms with van der Waals surface area (Å²) in [5, 5.41) is 5.57. The number of amides is 1. The van der Waals surface area contributed by atoms with Crippen molar-refractivity contribution in [2.45, 2.75) is 4.90 Å². The molecule has 2 aromatic carbocycles. The molecule has 0 aliphatic rings. The predicted molar refractivity (Wildman–Crippen MR) is 104 cm³/mol. The second kappa shape index (κ2) is 8.07. The van der Waals surface area contributed by atoms with E-state index in [2.05, 4.69) is 15.5 Å². The molecule has 0 spiro atoms. The maximum absolute atomic E-state index is 12.7. The van der Waals surface area contributed by atoms with Gasteiger partial charge in [-0.2, -0.15) is 9.41 Å². The Balaban J connectivity index is 1.67. The van der Waals surface area contributed by atoms with Crippen molar-refractivity contribution in [3.63, 3.8) is 0 Å². The number of nitrogens with zero attached hydrogens (tertiary/aromatic N) is 3. The molecular formula is C19H18N4O3S. The number of hydrogen-bond donors (Lipinski definition) is 1. The Bertz CT molecular complexity index is 1080. The largest absolute Gasteiger partial charge is 0.272 e. The minimum Gasteiger partial charge on any atom is -0.272 e. The molecule has 0 atom stereocenters. The molecule has 1 heterocycles. The molecule has 1 amide bonds.